The van der Waals surface area contributed by atoms with Gasteiger partial charge >= 0.3 is 0 Å². The largest absolute Gasteiger partial charge is 0.0622 e. The number of benzene rings is 1. The Hall–Kier alpha value is -0.780. The highest BCUT2D eigenvalue weighted by Crippen LogP contribution is 2.38. The summed E-state index contributed by atoms with van der Waals surface area (Å²) in [6.07, 6.45) is 4.33. The highest BCUT2D eigenvalue weighted by Gasteiger charge is 2.24. The van der Waals surface area contributed by atoms with Crippen molar-refractivity contribution in [2.24, 2.45) is 5.92 Å². The zero-order valence-corrected chi connectivity index (χ0v) is 7.66. The van der Waals surface area contributed by atoms with E-state index in [2.05, 4.69) is 37.3 Å². The van der Waals surface area contributed by atoms with Crippen LogP contribution in [0.1, 0.15) is 37.7 Å². The molecule has 1 aliphatic rings. The molecule has 1 aliphatic carbocycles. The number of hydrogen-bond acceptors (Lipinski definition) is 0. The van der Waals surface area contributed by atoms with Crippen molar-refractivity contribution in [3.05, 3.63) is 35.9 Å². The van der Waals surface area contributed by atoms with Crippen LogP contribution in [0.5, 0.6) is 0 Å². The Kier molecular flexibility index (Phi) is 2.16. The molecule has 1 aromatic rings. The fourth-order valence-electron chi connectivity index (χ4n) is 1.97. The van der Waals surface area contributed by atoms with Gasteiger partial charge in [0.15, 0.2) is 0 Å². The van der Waals surface area contributed by atoms with Gasteiger partial charge in [0.05, 0.1) is 0 Å². The molecule has 0 aliphatic heterocycles. The predicted octanol–water partition coefficient (Wildman–Crippen LogP) is 3.59. The first-order valence-corrected chi connectivity index (χ1v) is 4.93. The molecule has 0 N–H and O–H groups in total. The smallest absolute Gasteiger partial charge is 0.0162 e. The molecule has 0 saturated heterocycles. The van der Waals surface area contributed by atoms with Gasteiger partial charge in [-0.3, -0.25) is 0 Å². The first kappa shape index (κ1) is 7.85. The maximum absolute atomic E-state index is 2.36. The van der Waals surface area contributed by atoms with E-state index in [-0.39, 0.29) is 0 Å². The van der Waals surface area contributed by atoms with Crippen LogP contribution in [-0.2, 0) is 0 Å². The monoisotopic (exact) mass is 160 g/mol. The quantitative estimate of drug-likeness (QED) is 0.620. The zero-order valence-electron chi connectivity index (χ0n) is 7.66. The van der Waals surface area contributed by atoms with E-state index < -0.39 is 0 Å². The molecule has 0 aromatic heterocycles. The molecular formula is C12H16. The van der Waals surface area contributed by atoms with Crippen LogP contribution < -0.4 is 0 Å². The van der Waals surface area contributed by atoms with E-state index in [4.69, 9.17) is 0 Å². The summed E-state index contributed by atoms with van der Waals surface area (Å²) in [5, 5.41) is 0. The molecule has 0 spiro atoms. The number of rotatable bonds is 2. The standard InChI is InChI=1S/C12H16/c1-10(12-8-5-9-12)11-6-3-2-4-7-11/h2-4,6-7,10,12H,5,8-9H2,1H3/t10-/m0/s1. The third-order valence-electron chi connectivity index (χ3n) is 3.18. The van der Waals surface area contributed by atoms with Crippen LogP contribution >= 0.6 is 0 Å². The average molecular weight is 160 g/mol. The van der Waals surface area contributed by atoms with Crippen LogP contribution in [0.2, 0.25) is 0 Å². The second kappa shape index (κ2) is 3.30. The molecule has 0 heterocycles. The van der Waals surface area contributed by atoms with Crippen LogP contribution in [0.15, 0.2) is 30.3 Å². The van der Waals surface area contributed by atoms with Crippen molar-refractivity contribution in [1.29, 1.82) is 0 Å². The fourth-order valence-corrected chi connectivity index (χ4v) is 1.97. The van der Waals surface area contributed by atoms with Crippen LogP contribution in [-0.4, -0.2) is 0 Å². The zero-order chi connectivity index (χ0) is 8.39. The Morgan fingerprint density at radius 3 is 2.33 bits per heavy atom. The second-order valence-electron chi connectivity index (χ2n) is 3.89. The molecule has 1 aromatic carbocycles. The molecular weight excluding hydrogens is 144 g/mol. The maximum Gasteiger partial charge on any atom is -0.0162 e. The van der Waals surface area contributed by atoms with Crippen molar-refractivity contribution in [3.63, 3.8) is 0 Å². The van der Waals surface area contributed by atoms with Gasteiger partial charge in [-0.1, -0.05) is 43.7 Å². The number of hydrogen-bond donors (Lipinski definition) is 0. The molecule has 0 radical (unpaired) electrons. The Bertz CT molecular complexity index is 233. The van der Waals surface area contributed by atoms with Gasteiger partial charge in [-0.25, -0.2) is 0 Å². The van der Waals surface area contributed by atoms with Crippen molar-refractivity contribution in [2.45, 2.75) is 32.1 Å². The van der Waals surface area contributed by atoms with Gasteiger partial charge in [-0.05, 0) is 30.2 Å². The Balaban J connectivity index is 2.08. The summed E-state index contributed by atoms with van der Waals surface area (Å²) in [6.45, 7) is 2.36. The lowest BCUT2D eigenvalue weighted by Crippen LogP contribution is -2.17. The molecule has 2 rings (SSSR count). The first-order chi connectivity index (χ1) is 5.88. The Morgan fingerprint density at radius 2 is 1.83 bits per heavy atom. The third kappa shape index (κ3) is 1.38. The minimum absolute atomic E-state index is 0.778. The van der Waals surface area contributed by atoms with E-state index in [1.807, 2.05) is 0 Å². The molecule has 1 atom stereocenters. The van der Waals surface area contributed by atoms with Crippen molar-refractivity contribution >= 4 is 0 Å². The second-order valence-corrected chi connectivity index (χ2v) is 3.89. The van der Waals surface area contributed by atoms with Crippen molar-refractivity contribution in [2.75, 3.05) is 0 Å². The van der Waals surface area contributed by atoms with Crippen molar-refractivity contribution in [1.82, 2.24) is 0 Å². The van der Waals surface area contributed by atoms with Crippen LogP contribution in [0.4, 0.5) is 0 Å². The Morgan fingerprint density at radius 1 is 1.17 bits per heavy atom. The van der Waals surface area contributed by atoms with Crippen molar-refractivity contribution < 1.29 is 0 Å². The normalized spacial score (nSPS) is 20.1. The van der Waals surface area contributed by atoms with Gasteiger partial charge in [0.2, 0.25) is 0 Å². The summed E-state index contributed by atoms with van der Waals surface area (Å²) >= 11 is 0. The molecule has 64 valence electrons. The van der Waals surface area contributed by atoms with Crippen molar-refractivity contribution in [3.8, 4) is 0 Å². The summed E-state index contributed by atoms with van der Waals surface area (Å²) < 4.78 is 0. The molecule has 12 heavy (non-hydrogen) atoms. The molecule has 1 fully saturated rings. The van der Waals surface area contributed by atoms with Gasteiger partial charge in [0.25, 0.3) is 0 Å². The Labute approximate surface area is 74.6 Å². The third-order valence-corrected chi connectivity index (χ3v) is 3.18. The summed E-state index contributed by atoms with van der Waals surface area (Å²) in [4.78, 5) is 0. The van der Waals surface area contributed by atoms with Gasteiger partial charge in [-0.15, -0.1) is 0 Å². The summed E-state index contributed by atoms with van der Waals surface area (Å²) in [5.74, 6) is 1.74. The highest BCUT2D eigenvalue weighted by molar-refractivity contribution is 5.19. The van der Waals surface area contributed by atoms with Crippen LogP contribution in [0.25, 0.3) is 0 Å². The summed E-state index contributed by atoms with van der Waals surface area (Å²) in [7, 11) is 0. The molecule has 0 heteroatoms. The SMILES string of the molecule is C[C@@H](c1ccccc1)C1CCC1. The lowest BCUT2D eigenvalue weighted by atomic mass is 9.74. The van der Waals surface area contributed by atoms with E-state index in [0.717, 1.165) is 11.8 Å². The highest BCUT2D eigenvalue weighted by atomic mass is 14.3. The molecule has 0 unspecified atom stereocenters. The first-order valence-electron chi connectivity index (χ1n) is 4.93. The van der Waals surface area contributed by atoms with E-state index in [1.165, 1.54) is 24.8 Å². The lowest BCUT2D eigenvalue weighted by Gasteiger charge is -2.31. The summed E-state index contributed by atoms with van der Waals surface area (Å²) in [6, 6.07) is 10.9. The minimum atomic E-state index is 0.778. The molecule has 0 bridgehead atoms. The average Bonchev–Trinajstić information content (AvgIpc) is 2.03. The molecule has 0 nitrogen and oxygen atoms in total. The van der Waals surface area contributed by atoms with E-state index in [9.17, 15) is 0 Å². The lowest BCUT2D eigenvalue weighted by molar-refractivity contribution is 0.272. The predicted molar refractivity (Wildman–Crippen MR) is 52.2 cm³/mol. The minimum Gasteiger partial charge on any atom is -0.0622 e. The molecule has 1 saturated carbocycles. The van der Waals surface area contributed by atoms with Gasteiger partial charge in [-0.2, -0.15) is 0 Å². The van der Waals surface area contributed by atoms with Gasteiger partial charge in [0, 0.05) is 0 Å². The van der Waals surface area contributed by atoms with E-state index in [0.29, 0.717) is 0 Å². The fraction of sp³-hybridized carbons (Fsp3) is 0.500. The molecule has 0 amide bonds. The van der Waals surface area contributed by atoms with E-state index in [1.54, 1.807) is 0 Å². The van der Waals surface area contributed by atoms with E-state index >= 15 is 0 Å². The summed E-state index contributed by atoms with van der Waals surface area (Å²) in [5.41, 5.74) is 1.52. The topological polar surface area (TPSA) is 0 Å². The maximum atomic E-state index is 2.36. The van der Waals surface area contributed by atoms with Gasteiger partial charge in [0.1, 0.15) is 0 Å². The van der Waals surface area contributed by atoms with Crippen LogP contribution in [0.3, 0.4) is 0 Å². The van der Waals surface area contributed by atoms with Gasteiger partial charge < -0.3 is 0 Å². The van der Waals surface area contributed by atoms with Crippen LogP contribution in [0, 0.1) is 5.92 Å².